The number of hydrogen-bond donors (Lipinski definition) is 1. The van der Waals surface area contributed by atoms with E-state index in [9.17, 15) is 4.79 Å². The fraction of sp³-hybridized carbons (Fsp3) is 0.200. The van der Waals surface area contributed by atoms with Crippen LogP contribution >= 0.6 is 22.6 Å². The van der Waals surface area contributed by atoms with E-state index in [4.69, 9.17) is 10.4 Å². The van der Waals surface area contributed by atoms with Crippen LogP contribution in [0, 0.1) is 14.9 Å². The van der Waals surface area contributed by atoms with Crippen LogP contribution in [0.3, 0.4) is 0 Å². The van der Waals surface area contributed by atoms with Gasteiger partial charge in [0, 0.05) is 3.57 Å². The lowest BCUT2D eigenvalue weighted by Gasteiger charge is -2.04. The molecule has 0 heterocycles. The smallest absolute Gasteiger partial charge is 0.335 e. The number of aromatic carboxylic acids is 1. The van der Waals surface area contributed by atoms with Crippen molar-refractivity contribution in [1.29, 1.82) is 5.26 Å². The van der Waals surface area contributed by atoms with Gasteiger partial charge in [0.05, 0.1) is 11.1 Å². The topological polar surface area (TPSA) is 61.1 Å². The molecule has 1 N–H and O–H groups in total. The van der Waals surface area contributed by atoms with Gasteiger partial charge in [0.25, 0.3) is 0 Å². The molecule has 1 rings (SSSR count). The number of hydrogen-bond acceptors (Lipinski definition) is 2. The summed E-state index contributed by atoms with van der Waals surface area (Å²) in [5, 5.41) is 17.6. The minimum absolute atomic E-state index is 0.179. The Balaban J connectivity index is 3.41. The Kier molecular flexibility index (Phi) is 3.47. The standard InChI is InChI=1S/C10H8INO2/c1-2-6-3-7(10(13)14)4-8(5-12)9(6)11/h3-4H,2H2,1H3,(H,13,14). The van der Waals surface area contributed by atoms with Crippen molar-refractivity contribution in [1.82, 2.24) is 0 Å². The molecule has 3 nitrogen and oxygen atoms in total. The quantitative estimate of drug-likeness (QED) is 0.853. The number of nitriles is 1. The van der Waals surface area contributed by atoms with Gasteiger partial charge in [-0.2, -0.15) is 5.26 Å². The first-order chi connectivity index (χ1) is 6.60. The summed E-state index contributed by atoms with van der Waals surface area (Å²) in [6.07, 6.45) is 0.730. The monoisotopic (exact) mass is 301 g/mol. The van der Waals surface area contributed by atoms with Crippen LogP contribution in [0.4, 0.5) is 0 Å². The molecule has 1 aromatic rings. The van der Waals surface area contributed by atoms with E-state index in [2.05, 4.69) is 22.6 Å². The highest BCUT2D eigenvalue weighted by atomic mass is 127. The Bertz CT molecular complexity index is 421. The second-order valence-corrected chi connectivity index (χ2v) is 3.85. The number of nitrogens with zero attached hydrogens (tertiary/aromatic N) is 1. The molecule has 0 fully saturated rings. The molecule has 14 heavy (non-hydrogen) atoms. The van der Waals surface area contributed by atoms with Crippen molar-refractivity contribution in [3.63, 3.8) is 0 Å². The lowest BCUT2D eigenvalue weighted by molar-refractivity contribution is 0.0696. The summed E-state index contributed by atoms with van der Waals surface area (Å²) < 4.78 is 0.845. The SMILES string of the molecule is CCc1cc(C(=O)O)cc(C#N)c1I. The predicted molar refractivity (Wildman–Crippen MR) is 60.2 cm³/mol. The van der Waals surface area contributed by atoms with E-state index in [0.29, 0.717) is 5.56 Å². The number of carboxylic acids is 1. The Hall–Kier alpha value is -1.09. The van der Waals surface area contributed by atoms with Crippen LogP contribution in [-0.2, 0) is 6.42 Å². The van der Waals surface area contributed by atoms with Crippen LogP contribution in [-0.4, -0.2) is 11.1 Å². The molecule has 0 saturated carbocycles. The summed E-state index contributed by atoms with van der Waals surface area (Å²) in [6, 6.07) is 5.02. The van der Waals surface area contributed by atoms with Gasteiger partial charge in [-0.05, 0) is 46.7 Å². The minimum Gasteiger partial charge on any atom is -0.478 e. The highest BCUT2D eigenvalue weighted by Gasteiger charge is 2.10. The maximum absolute atomic E-state index is 10.7. The molecule has 72 valence electrons. The molecule has 1 aromatic carbocycles. The maximum Gasteiger partial charge on any atom is 0.335 e. The van der Waals surface area contributed by atoms with Gasteiger partial charge in [-0.1, -0.05) is 6.92 Å². The maximum atomic E-state index is 10.7. The van der Waals surface area contributed by atoms with Gasteiger partial charge >= 0.3 is 5.97 Å². The molecule has 0 bridgehead atoms. The molecule has 0 spiro atoms. The second-order valence-electron chi connectivity index (χ2n) is 2.77. The van der Waals surface area contributed by atoms with Crippen LogP contribution in [0.15, 0.2) is 12.1 Å². The zero-order chi connectivity index (χ0) is 10.7. The predicted octanol–water partition coefficient (Wildman–Crippen LogP) is 2.42. The fourth-order valence-corrected chi connectivity index (χ4v) is 1.96. The highest BCUT2D eigenvalue weighted by Crippen LogP contribution is 2.20. The molecule has 0 aliphatic heterocycles. The van der Waals surface area contributed by atoms with Gasteiger partial charge in [-0.3, -0.25) is 0 Å². The molecule has 0 saturated heterocycles. The number of carboxylic acid groups (broad SMARTS) is 1. The third-order valence-electron chi connectivity index (χ3n) is 1.90. The molecular weight excluding hydrogens is 293 g/mol. The summed E-state index contributed by atoms with van der Waals surface area (Å²) in [6.45, 7) is 1.93. The molecular formula is C10H8INO2. The number of carbonyl (C=O) groups is 1. The molecule has 0 unspecified atom stereocenters. The Morgan fingerprint density at radius 1 is 1.64 bits per heavy atom. The van der Waals surface area contributed by atoms with Crippen molar-refractivity contribution >= 4 is 28.6 Å². The number of benzene rings is 1. The van der Waals surface area contributed by atoms with Gasteiger partial charge in [-0.25, -0.2) is 4.79 Å². The van der Waals surface area contributed by atoms with Crippen LogP contribution < -0.4 is 0 Å². The summed E-state index contributed by atoms with van der Waals surface area (Å²) >= 11 is 2.07. The van der Waals surface area contributed by atoms with E-state index in [1.807, 2.05) is 13.0 Å². The third-order valence-corrected chi connectivity index (χ3v) is 3.17. The third kappa shape index (κ3) is 2.04. The molecule has 0 aliphatic rings. The Morgan fingerprint density at radius 3 is 2.71 bits per heavy atom. The van der Waals surface area contributed by atoms with Crippen molar-refractivity contribution in [2.45, 2.75) is 13.3 Å². The zero-order valence-electron chi connectivity index (χ0n) is 7.54. The van der Waals surface area contributed by atoms with E-state index < -0.39 is 5.97 Å². The van der Waals surface area contributed by atoms with E-state index in [-0.39, 0.29) is 5.56 Å². The molecule has 0 atom stereocenters. The van der Waals surface area contributed by atoms with Crippen molar-refractivity contribution in [3.8, 4) is 6.07 Å². The van der Waals surface area contributed by atoms with Crippen molar-refractivity contribution in [2.24, 2.45) is 0 Å². The van der Waals surface area contributed by atoms with E-state index in [1.165, 1.54) is 6.07 Å². The largest absolute Gasteiger partial charge is 0.478 e. The average molecular weight is 301 g/mol. The van der Waals surface area contributed by atoms with Gasteiger partial charge < -0.3 is 5.11 Å². The van der Waals surface area contributed by atoms with E-state index in [1.54, 1.807) is 6.07 Å². The molecule has 0 amide bonds. The van der Waals surface area contributed by atoms with Crippen molar-refractivity contribution in [3.05, 3.63) is 32.4 Å². The van der Waals surface area contributed by atoms with E-state index in [0.717, 1.165) is 15.6 Å². The van der Waals surface area contributed by atoms with E-state index >= 15 is 0 Å². The normalized spacial score (nSPS) is 9.50. The van der Waals surface area contributed by atoms with Crippen LogP contribution in [0.5, 0.6) is 0 Å². The molecule has 0 radical (unpaired) electrons. The van der Waals surface area contributed by atoms with Gasteiger partial charge in [0.15, 0.2) is 0 Å². The van der Waals surface area contributed by atoms with Gasteiger partial charge in [0.1, 0.15) is 6.07 Å². The lowest BCUT2D eigenvalue weighted by atomic mass is 10.0. The number of aryl methyl sites for hydroxylation is 1. The second kappa shape index (κ2) is 4.42. The first-order valence-electron chi connectivity index (χ1n) is 4.06. The molecule has 0 aliphatic carbocycles. The molecule has 0 aromatic heterocycles. The van der Waals surface area contributed by atoms with Gasteiger partial charge in [-0.15, -0.1) is 0 Å². The molecule has 4 heteroatoms. The highest BCUT2D eigenvalue weighted by molar-refractivity contribution is 14.1. The summed E-state index contributed by atoms with van der Waals surface area (Å²) in [5.74, 6) is -0.993. The average Bonchev–Trinajstić information content (AvgIpc) is 2.17. The number of rotatable bonds is 2. The summed E-state index contributed by atoms with van der Waals surface area (Å²) in [4.78, 5) is 10.7. The zero-order valence-corrected chi connectivity index (χ0v) is 9.70. The first kappa shape index (κ1) is 11.0. The Labute approximate surface area is 95.5 Å². The minimum atomic E-state index is -0.993. The van der Waals surface area contributed by atoms with Gasteiger partial charge in [0.2, 0.25) is 0 Å². The van der Waals surface area contributed by atoms with Crippen LogP contribution in [0.1, 0.15) is 28.4 Å². The summed E-state index contributed by atoms with van der Waals surface area (Å²) in [5.41, 5.74) is 1.52. The summed E-state index contributed by atoms with van der Waals surface area (Å²) in [7, 11) is 0. The van der Waals surface area contributed by atoms with Crippen LogP contribution in [0.2, 0.25) is 0 Å². The fourth-order valence-electron chi connectivity index (χ4n) is 1.15. The number of halogens is 1. The first-order valence-corrected chi connectivity index (χ1v) is 5.13. The Morgan fingerprint density at radius 2 is 2.29 bits per heavy atom. The van der Waals surface area contributed by atoms with Crippen molar-refractivity contribution in [2.75, 3.05) is 0 Å². The van der Waals surface area contributed by atoms with Crippen LogP contribution in [0.25, 0.3) is 0 Å². The lowest BCUT2D eigenvalue weighted by Crippen LogP contribution is -2.01. The van der Waals surface area contributed by atoms with Crippen molar-refractivity contribution < 1.29 is 9.90 Å².